The highest BCUT2D eigenvalue weighted by Crippen LogP contribution is 2.29. The van der Waals surface area contributed by atoms with Gasteiger partial charge in [0, 0.05) is 44.9 Å². The van der Waals surface area contributed by atoms with Crippen molar-refractivity contribution in [2.45, 2.75) is 44.9 Å². The lowest BCUT2D eigenvalue weighted by Crippen LogP contribution is -2.43. The highest BCUT2D eigenvalue weighted by molar-refractivity contribution is 6.33. The van der Waals surface area contributed by atoms with E-state index in [1.165, 1.54) is 12.8 Å². The van der Waals surface area contributed by atoms with Crippen molar-refractivity contribution < 1.29 is 9.53 Å². The number of rotatable bonds is 5. The van der Waals surface area contributed by atoms with Gasteiger partial charge in [0.25, 0.3) is 5.91 Å². The third-order valence-electron chi connectivity index (χ3n) is 5.30. The van der Waals surface area contributed by atoms with Crippen LogP contribution in [0.5, 0.6) is 0 Å². The molecule has 2 fully saturated rings. The number of amides is 1. The van der Waals surface area contributed by atoms with Gasteiger partial charge in [-0.2, -0.15) is 0 Å². The van der Waals surface area contributed by atoms with Gasteiger partial charge < -0.3 is 15.0 Å². The lowest BCUT2D eigenvalue weighted by Gasteiger charge is -2.21. The van der Waals surface area contributed by atoms with Crippen LogP contribution in [0.1, 0.15) is 37.0 Å². The summed E-state index contributed by atoms with van der Waals surface area (Å²) in [6.07, 6.45) is 2.42. The molecule has 0 unspecified atom stereocenters. The largest absolute Gasteiger partial charge is 0.378 e. The first kappa shape index (κ1) is 18.5. The van der Waals surface area contributed by atoms with Gasteiger partial charge in [0.15, 0.2) is 0 Å². The van der Waals surface area contributed by atoms with Gasteiger partial charge >= 0.3 is 0 Å². The summed E-state index contributed by atoms with van der Waals surface area (Å²) >= 11 is 6.44. The normalized spacial score (nSPS) is 24.3. The summed E-state index contributed by atoms with van der Waals surface area (Å²) in [6.45, 7) is 8.04. The van der Waals surface area contributed by atoms with Crippen LogP contribution < -0.4 is 10.2 Å². The first-order valence-corrected chi connectivity index (χ1v) is 9.49. The van der Waals surface area contributed by atoms with E-state index in [0.717, 1.165) is 31.9 Å². The van der Waals surface area contributed by atoms with E-state index in [2.05, 4.69) is 29.0 Å². The van der Waals surface area contributed by atoms with Crippen molar-refractivity contribution in [3.05, 3.63) is 28.8 Å². The maximum Gasteiger partial charge on any atom is 0.251 e. The van der Waals surface area contributed by atoms with Crippen LogP contribution in [0, 0.1) is 0 Å². The molecule has 25 heavy (non-hydrogen) atoms. The molecule has 2 aliphatic rings. The molecule has 2 aliphatic heterocycles. The fourth-order valence-electron chi connectivity index (χ4n) is 3.72. The molecule has 0 aliphatic carbocycles. The zero-order valence-corrected chi connectivity index (χ0v) is 16.1. The molecule has 138 valence electrons. The van der Waals surface area contributed by atoms with E-state index in [-0.39, 0.29) is 18.1 Å². The Kier molecular flexibility index (Phi) is 5.87. The molecule has 3 rings (SSSR count). The second kappa shape index (κ2) is 7.94. The number of nitrogens with one attached hydrogen (secondary N) is 1. The van der Waals surface area contributed by atoms with Gasteiger partial charge in [-0.3, -0.25) is 9.69 Å². The quantitative estimate of drug-likeness (QED) is 0.871. The number of ether oxygens (including phenoxy) is 1. The van der Waals surface area contributed by atoms with Crippen molar-refractivity contribution in [3.63, 3.8) is 0 Å². The van der Waals surface area contributed by atoms with E-state index in [1.807, 2.05) is 12.1 Å². The third kappa shape index (κ3) is 4.10. The van der Waals surface area contributed by atoms with Gasteiger partial charge in [-0.15, -0.1) is 0 Å². The minimum Gasteiger partial charge on any atom is -0.378 e. The van der Waals surface area contributed by atoms with Crippen molar-refractivity contribution in [2.75, 3.05) is 38.2 Å². The Morgan fingerprint density at radius 1 is 1.28 bits per heavy atom. The number of hydrogen-bond donors (Lipinski definition) is 1. The molecule has 1 N–H and O–H groups in total. The van der Waals surface area contributed by atoms with Gasteiger partial charge in [-0.25, -0.2) is 0 Å². The fourth-order valence-corrected chi connectivity index (χ4v) is 4.02. The number of methoxy groups -OCH3 is 1. The molecule has 2 heterocycles. The predicted octanol–water partition coefficient (Wildman–Crippen LogP) is 2.78. The molecule has 0 saturated carbocycles. The average Bonchev–Trinajstić information content (AvgIpc) is 3.24. The molecule has 2 atom stereocenters. The molecule has 6 heteroatoms. The Bertz CT molecular complexity index is 617. The van der Waals surface area contributed by atoms with Gasteiger partial charge in [0.05, 0.1) is 22.9 Å². The van der Waals surface area contributed by atoms with Crippen LogP contribution in [0.4, 0.5) is 5.69 Å². The van der Waals surface area contributed by atoms with Gasteiger partial charge in [-0.1, -0.05) is 11.6 Å². The molecule has 5 nitrogen and oxygen atoms in total. The molecule has 2 saturated heterocycles. The molecule has 0 aromatic heterocycles. The van der Waals surface area contributed by atoms with E-state index in [4.69, 9.17) is 16.3 Å². The summed E-state index contributed by atoms with van der Waals surface area (Å²) < 4.78 is 5.56. The molecule has 1 aromatic carbocycles. The lowest BCUT2D eigenvalue weighted by molar-refractivity contribution is 0.0753. The van der Waals surface area contributed by atoms with E-state index in [1.54, 1.807) is 13.2 Å². The Labute approximate surface area is 155 Å². The summed E-state index contributed by atoms with van der Waals surface area (Å²) in [5.74, 6) is -0.0903. The first-order valence-electron chi connectivity index (χ1n) is 9.12. The van der Waals surface area contributed by atoms with E-state index in [9.17, 15) is 4.79 Å². The van der Waals surface area contributed by atoms with Crippen LogP contribution in [0.25, 0.3) is 0 Å². The third-order valence-corrected chi connectivity index (χ3v) is 5.60. The number of anilines is 1. The molecule has 1 amide bonds. The number of carbonyl (C=O) groups is 1. The van der Waals surface area contributed by atoms with Crippen molar-refractivity contribution in [3.8, 4) is 0 Å². The monoisotopic (exact) mass is 365 g/mol. The van der Waals surface area contributed by atoms with Crippen LogP contribution in [0.3, 0.4) is 0 Å². The SMILES string of the molecule is CO[C@H]1CN(C(C)C)C[C@@H]1NC(=O)c1ccc(N2CCCC2)c(Cl)c1. The van der Waals surface area contributed by atoms with Gasteiger partial charge in [0.2, 0.25) is 0 Å². The zero-order valence-electron chi connectivity index (χ0n) is 15.3. The molecule has 0 spiro atoms. The Morgan fingerprint density at radius 3 is 2.60 bits per heavy atom. The van der Waals surface area contributed by atoms with E-state index in [0.29, 0.717) is 16.6 Å². The van der Waals surface area contributed by atoms with Crippen LogP contribution in [0.2, 0.25) is 5.02 Å². The van der Waals surface area contributed by atoms with E-state index < -0.39 is 0 Å². The summed E-state index contributed by atoms with van der Waals surface area (Å²) in [7, 11) is 1.70. The van der Waals surface area contributed by atoms with Crippen molar-refractivity contribution in [1.29, 1.82) is 0 Å². The minimum absolute atomic E-state index is 0.00284. The summed E-state index contributed by atoms with van der Waals surface area (Å²) in [4.78, 5) is 17.3. The Balaban J connectivity index is 1.67. The molecule has 1 aromatic rings. The number of likely N-dealkylation sites (tertiary alicyclic amines) is 1. The van der Waals surface area contributed by atoms with Crippen LogP contribution in [0.15, 0.2) is 18.2 Å². The van der Waals surface area contributed by atoms with Crippen LogP contribution in [-0.4, -0.2) is 62.3 Å². The van der Waals surface area contributed by atoms with Crippen LogP contribution >= 0.6 is 11.6 Å². The number of halogens is 1. The van der Waals surface area contributed by atoms with Crippen molar-refractivity contribution in [1.82, 2.24) is 10.2 Å². The zero-order chi connectivity index (χ0) is 18.0. The number of hydrogen-bond acceptors (Lipinski definition) is 4. The summed E-state index contributed by atoms with van der Waals surface area (Å²) in [5, 5.41) is 3.77. The molecular weight excluding hydrogens is 338 g/mol. The second-order valence-electron chi connectivity index (χ2n) is 7.26. The minimum atomic E-state index is -0.0903. The molecular formula is C19H28ClN3O2. The molecule has 0 radical (unpaired) electrons. The predicted molar refractivity (Wildman–Crippen MR) is 102 cm³/mol. The Morgan fingerprint density at radius 2 is 2.00 bits per heavy atom. The van der Waals surface area contributed by atoms with Crippen molar-refractivity contribution >= 4 is 23.2 Å². The maximum absolute atomic E-state index is 12.7. The standard InChI is InChI=1S/C19H28ClN3O2/c1-13(2)23-11-16(18(12-23)25-3)21-19(24)14-6-7-17(15(20)10-14)22-8-4-5-9-22/h6-7,10,13,16,18H,4-5,8-9,11-12H2,1-3H3,(H,21,24)/t16-,18-/m0/s1. The average molecular weight is 366 g/mol. The smallest absolute Gasteiger partial charge is 0.251 e. The lowest BCUT2D eigenvalue weighted by atomic mass is 10.1. The van der Waals surface area contributed by atoms with Gasteiger partial charge in [0.1, 0.15) is 0 Å². The van der Waals surface area contributed by atoms with Gasteiger partial charge in [-0.05, 0) is 44.9 Å². The number of nitrogens with zero attached hydrogens (tertiary/aromatic N) is 2. The Hall–Kier alpha value is -1.30. The summed E-state index contributed by atoms with van der Waals surface area (Å²) in [6, 6.07) is 6.05. The summed E-state index contributed by atoms with van der Waals surface area (Å²) in [5.41, 5.74) is 1.63. The highest BCUT2D eigenvalue weighted by atomic mass is 35.5. The van der Waals surface area contributed by atoms with Crippen LogP contribution in [-0.2, 0) is 4.74 Å². The fraction of sp³-hybridized carbons (Fsp3) is 0.632. The molecule has 0 bridgehead atoms. The van der Waals surface area contributed by atoms with Crippen molar-refractivity contribution in [2.24, 2.45) is 0 Å². The topological polar surface area (TPSA) is 44.8 Å². The highest BCUT2D eigenvalue weighted by Gasteiger charge is 2.35. The number of benzene rings is 1. The first-order chi connectivity index (χ1) is 12.0. The number of carbonyl (C=O) groups excluding carboxylic acids is 1. The second-order valence-corrected chi connectivity index (χ2v) is 7.67. The maximum atomic E-state index is 12.7. The van der Waals surface area contributed by atoms with E-state index >= 15 is 0 Å².